The molecule has 3 nitrogen and oxygen atoms in total. The van der Waals surface area contributed by atoms with Crippen LogP contribution in [0.3, 0.4) is 0 Å². The summed E-state index contributed by atoms with van der Waals surface area (Å²) < 4.78 is 37.3. The Labute approximate surface area is 103 Å². The Kier molecular flexibility index (Phi) is 4.59. The molecule has 0 aromatic carbocycles. The van der Waals surface area contributed by atoms with Crippen LogP contribution in [0.15, 0.2) is 18.3 Å². The molecule has 17 heavy (non-hydrogen) atoms. The molecule has 0 radical (unpaired) electrons. The average Bonchev–Trinajstić information content (AvgIpc) is 2.29. The van der Waals surface area contributed by atoms with E-state index in [1.54, 1.807) is 6.07 Å². The van der Waals surface area contributed by atoms with Crippen LogP contribution in [0.25, 0.3) is 0 Å². The topological polar surface area (TPSA) is 28.2 Å². The highest BCUT2D eigenvalue weighted by atomic mass is 35.5. The molecule has 1 aromatic heterocycles. The predicted octanol–water partition coefficient (Wildman–Crippen LogP) is 1.93. The van der Waals surface area contributed by atoms with E-state index < -0.39 is 11.9 Å². The number of piperazine rings is 1. The maximum Gasteiger partial charge on any atom is 0.433 e. The molecule has 0 bridgehead atoms. The van der Waals surface area contributed by atoms with Gasteiger partial charge in [0.15, 0.2) is 0 Å². The van der Waals surface area contributed by atoms with Gasteiger partial charge in [-0.3, -0.25) is 4.98 Å². The summed E-state index contributed by atoms with van der Waals surface area (Å²) in [5.41, 5.74) is -0.243. The number of pyridine rings is 1. The van der Waals surface area contributed by atoms with Crippen LogP contribution in [0.4, 0.5) is 18.9 Å². The van der Waals surface area contributed by atoms with Gasteiger partial charge >= 0.3 is 6.18 Å². The van der Waals surface area contributed by atoms with Gasteiger partial charge in [-0.15, -0.1) is 12.4 Å². The Bertz CT molecular complexity index is 364. The first-order chi connectivity index (χ1) is 7.57. The molecule has 1 saturated heterocycles. The van der Waals surface area contributed by atoms with Crippen molar-refractivity contribution >= 4 is 18.1 Å². The van der Waals surface area contributed by atoms with Crippen molar-refractivity contribution in [3.05, 3.63) is 24.0 Å². The van der Waals surface area contributed by atoms with Crippen LogP contribution >= 0.6 is 12.4 Å². The third kappa shape index (κ3) is 3.47. The average molecular weight is 268 g/mol. The van der Waals surface area contributed by atoms with E-state index in [0.717, 1.165) is 32.2 Å². The molecule has 7 heteroatoms. The highest BCUT2D eigenvalue weighted by Gasteiger charge is 2.32. The predicted molar refractivity (Wildman–Crippen MR) is 61.6 cm³/mol. The number of hydrogen-bond acceptors (Lipinski definition) is 3. The molecule has 96 valence electrons. The quantitative estimate of drug-likeness (QED) is 0.843. The van der Waals surface area contributed by atoms with Gasteiger partial charge in [0, 0.05) is 38.1 Å². The minimum Gasteiger partial charge on any atom is -0.369 e. The Morgan fingerprint density at radius 1 is 1.24 bits per heavy atom. The monoisotopic (exact) mass is 267 g/mol. The van der Waals surface area contributed by atoms with Gasteiger partial charge in [-0.2, -0.15) is 13.2 Å². The smallest absolute Gasteiger partial charge is 0.369 e. The number of halogens is 4. The van der Waals surface area contributed by atoms with E-state index in [-0.39, 0.29) is 12.4 Å². The van der Waals surface area contributed by atoms with Crippen LogP contribution in [-0.2, 0) is 6.18 Å². The third-order valence-electron chi connectivity index (χ3n) is 2.52. The number of alkyl halides is 3. The number of anilines is 1. The largest absolute Gasteiger partial charge is 0.433 e. The van der Waals surface area contributed by atoms with Gasteiger partial charge in [-0.25, -0.2) is 0 Å². The van der Waals surface area contributed by atoms with Crippen molar-refractivity contribution in [3.8, 4) is 0 Å². The Morgan fingerprint density at radius 2 is 1.88 bits per heavy atom. The highest BCUT2D eigenvalue weighted by Crippen LogP contribution is 2.29. The fourth-order valence-electron chi connectivity index (χ4n) is 1.69. The van der Waals surface area contributed by atoms with Gasteiger partial charge in [0.1, 0.15) is 5.69 Å². The highest BCUT2D eigenvalue weighted by molar-refractivity contribution is 5.85. The summed E-state index contributed by atoms with van der Waals surface area (Å²) >= 11 is 0. The van der Waals surface area contributed by atoms with Gasteiger partial charge in [-0.1, -0.05) is 0 Å². The van der Waals surface area contributed by atoms with Gasteiger partial charge in [0.25, 0.3) is 0 Å². The molecule has 0 unspecified atom stereocenters. The van der Waals surface area contributed by atoms with Gasteiger partial charge in [0.05, 0.1) is 0 Å². The molecular formula is C10H13ClF3N3. The molecule has 0 aliphatic carbocycles. The summed E-state index contributed by atoms with van der Waals surface area (Å²) in [4.78, 5) is 5.26. The molecule has 2 rings (SSSR count). The summed E-state index contributed by atoms with van der Waals surface area (Å²) in [5.74, 6) is 0. The van der Waals surface area contributed by atoms with Crippen molar-refractivity contribution in [1.82, 2.24) is 10.3 Å². The lowest BCUT2D eigenvalue weighted by molar-refractivity contribution is -0.141. The first kappa shape index (κ1) is 14.1. The first-order valence-corrected chi connectivity index (χ1v) is 5.06. The third-order valence-corrected chi connectivity index (χ3v) is 2.52. The van der Waals surface area contributed by atoms with Crippen LogP contribution in [-0.4, -0.2) is 31.2 Å². The zero-order valence-corrected chi connectivity index (χ0v) is 9.81. The molecule has 1 fully saturated rings. The molecular weight excluding hydrogens is 255 g/mol. The minimum atomic E-state index is -4.37. The number of aromatic nitrogens is 1. The van der Waals surface area contributed by atoms with Gasteiger partial charge < -0.3 is 10.2 Å². The summed E-state index contributed by atoms with van der Waals surface area (Å²) in [7, 11) is 0. The van der Waals surface area contributed by atoms with Crippen LogP contribution in [0.5, 0.6) is 0 Å². The zero-order chi connectivity index (χ0) is 11.6. The summed E-state index contributed by atoms with van der Waals surface area (Å²) in [6.45, 7) is 3.04. The van der Waals surface area contributed by atoms with Crippen LogP contribution in [0.1, 0.15) is 5.69 Å². The second-order valence-electron chi connectivity index (χ2n) is 3.63. The molecule has 1 aliphatic rings. The van der Waals surface area contributed by atoms with E-state index in [1.807, 2.05) is 4.90 Å². The Balaban J connectivity index is 0.00000144. The second-order valence-corrected chi connectivity index (χ2v) is 3.63. The summed E-state index contributed by atoms with van der Waals surface area (Å²) in [6.07, 6.45) is -3.16. The minimum absolute atomic E-state index is 0. The molecule has 0 amide bonds. The number of nitrogens with one attached hydrogen (secondary N) is 1. The zero-order valence-electron chi connectivity index (χ0n) is 9.00. The molecule has 1 aromatic rings. The summed E-state index contributed by atoms with van der Waals surface area (Å²) in [6, 6.07) is 2.71. The fourth-order valence-corrected chi connectivity index (χ4v) is 1.69. The lowest BCUT2D eigenvalue weighted by Crippen LogP contribution is -2.43. The maximum absolute atomic E-state index is 12.4. The van der Waals surface area contributed by atoms with Crippen LogP contribution in [0, 0.1) is 0 Å². The first-order valence-electron chi connectivity index (χ1n) is 5.06. The van der Waals surface area contributed by atoms with E-state index in [1.165, 1.54) is 6.20 Å². The van der Waals surface area contributed by atoms with Crippen LogP contribution in [0.2, 0.25) is 0 Å². The van der Waals surface area contributed by atoms with E-state index in [9.17, 15) is 13.2 Å². The summed E-state index contributed by atoms with van der Waals surface area (Å²) in [5, 5.41) is 3.15. The van der Waals surface area contributed by atoms with Crippen molar-refractivity contribution in [3.63, 3.8) is 0 Å². The number of rotatable bonds is 1. The van der Waals surface area contributed by atoms with Crippen LogP contribution < -0.4 is 10.2 Å². The number of nitrogens with zero attached hydrogens (tertiary/aromatic N) is 2. The Hall–Kier alpha value is -1.01. The maximum atomic E-state index is 12.4. The molecule has 0 spiro atoms. The van der Waals surface area contributed by atoms with Crippen molar-refractivity contribution < 1.29 is 13.2 Å². The van der Waals surface area contributed by atoms with E-state index in [4.69, 9.17) is 0 Å². The normalized spacial score (nSPS) is 16.5. The fraction of sp³-hybridized carbons (Fsp3) is 0.500. The van der Waals surface area contributed by atoms with Crippen molar-refractivity contribution in [2.75, 3.05) is 31.1 Å². The molecule has 2 heterocycles. The van der Waals surface area contributed by atoms with E-state index in [2.05, 4.69) is 10.3 Å². The van der Waals surface area contributed by atoms with Crippen molar-refractivity contribution in [2.24, 2.45) is 0 Å². The standard InChI is InChI=1S/C10H12F3N3.ClH/c11-10(12,13)9-7-8(1-2-15-9)16-5-3-14-4-6-16;/h1-2,7,14H,3-6H2;1H. The van der Waals surface area contributed by atoms with Crippen molar-refractivity contribution in [2.45, 2.75) is 6.18 Å². The number of hydrogen-bond donors (Lipinski definition) is 1. The van der Waals surface area contributed by atoms with E-state index >= 15 is 0 Å². The molecule has 0 atom stereocenters. The van der Waals surface area contributed by atoms with E-state index in [0.29, 0.717) is 5.69 Å². The lowest BCUT2D eigenvalue weighted by Gasteiger charge is -2.29. The van der Waals surface area contributed by atoms with Gasteiger partial charge in [-0.05, 0) is 12.1 Å². The molecule has 1 aliphatic heterocycles. The lowest BCUT2D eigenvalue weighted by atomic mass is 10.2. The second kappa shape index (κ2) is 5.55. The van der Waals surface area contributed by atoms with Gasteiger partial charge in [0.2, 0.25) is 0 Å². The SMILES string of the molecule is Cl.FC(F)(F)c1cc(N2CCNCC2)ccn1. The van der Waals surface area contributed by atoms with Crippen molar-refractivity contribution in [1.29, 1.82) is 0 Å². The molecule has 1 N–H and O–H groups in total. The molecule has 0 saturated carbocycles. The Morgan fingerprint density at radius 3 is 2.47 bits per heavy atom.